The molecule has 2 rings (SSSR count). The first kappa shape index (κ1) is 13.3. The number of hydrazone groups is 1. The molecule has 2 N–H and O–H groups in total. The lowest BCUT2D eigenvalue weighted by Gasteiger charge is -2.01. The fourth-order valence-electron chi connectivity index (χ4n) is 1.48. The van der Waals surface area contributed by atoms with Crippen molar-refractivity contribution in [1.29, 1.82) is 0 Å². The molecule has 0 saturated heterocycles. The normalized spacial score (nSPS) is 10.6. The first-order chi connectivity index (χ1) is 9.16. The zero-order valence-electron chi connectivity index (χ0n) is 9.88. The van der Waals surface area contributed by atoms with Gasteiger partial charge in [0.05, 0.1) is 11.8 Å². The van der Waals surface area contributed by atoms with E-state index in [1.807, 2.05) is 24.3 Å². The zero-order chi connectivity index (χ0) is 13.7. The van der Waals surface area contributed by atoms with Crippen LogP contribution in [-0.2, 0) is 0 Å². The van der Waals surface area contributed by atoms with Crippen LogP contribution < -0.4 is 5.43 Å². The molecule has 0 aromatic heterocycles. The van der Waals surface area contributed by atoms with Crippen molar-refractivity contribution in [2.24, 2.45) is 5.10 Å². The highest BCUT2D eigenvalue weighted by atomic mass is 79.9. The van der Waals surface area contributed by atoms with Crippen molar-refractivity contribution in [2.75, 3.05) is 0 Å². The van der Waals surface area contributed by atoms with Crippen LogP contribution in [0.15, 0.2) is 58.1 Å². The molecule has 0 aliphatic carbocycles. The average Bonchev–Trinajstić information content (AvgIpc) is 2.39. The number of hydrogen-bond donors (Lipinski definition) is 2. The summed E-state index contributed by atoms with van der Waals surface area (Å²) in [6.07, 6.45) is 1.53. The highest BCUT2D eigenvalue weighted by Gasteiger charge is 2.08. The van der Waals surface area contributed by atoms with E-state index in [0.717, 1.165) is 10.0 Å². The number of rotatable bonds is 3. The van der Waals surface area contributed by atoms with Crippen LogP contribution in [0, 0.1) is 0 Å². The van der Waals surface area contributed by atoms with Crippen LogP contribution in [0.2, 0.25) is 0 Å². The van der Waals surface area contributed by atoms with E-state index in [1.165, 1.54) is 18.3 Å². The summed E-state index contributed by atoms with van der Waals surface area (Å²) in [4.78, 5) is 11.7. The number of nitrogens with one attached hydrogen (secondary N) is 1. The van der Waals surface area contributed by atoms with Gasteiger partial charge in [-0.15, -0.1) is 0 Å². The highest BCUT2D eigenvalue weighted by Crippen LogP contribution is 2.15. The van der Waals surface area contributed by atoms with E-state index in [-0.39, 0.29) is 11.3 Å². The molecule has 0 atom stereocenters. The number of carbonyl (C=O) groups is 1. The predicted molar refractivity (Wildman–Crippen MR) is 77.3 cm³/mol. The summed E-state index contributed by atoms with van der Waals surface area (Å²) in [5.74, 6) is -0.526. The number of hydrogen-bond acceptors (Lipinski definition) is 3. The van der Waals surface area contributed by atoms with Gasteiger partial charge >= 0.3 is 0 Å². The molecule has 1 amide bonds. The number of carbonyl (C=O) groups excluding carboxylic acids is 1. The van der Waals surface area contributed by atoms with Crippen molar-refractivity contribution in [1.82, 2.24) is 5.43 Å². The SMILES string of the molecule is O=C(N/N=C\c1cccc(Br)c1)c1ccccc1O. The van der Waals surface area contributed by atoms with Crippen LogP contribution in [0.3, 0.4) is 0 Å². The van der Waals surface area contributed by atoms with Crippen molar-refractivity contribution >= 4 is 28.1 Å². The molecule has 0 spiro atoms. The fourth-order valence-corrected chi connectivity index (χ4v) is 1.90. The van der Waals surface area contributed by atoms with Gasteiger partial charge in [-0.3, -0.25) is 4.79 Å². The molecule has 0 saturated carbocycles. The number of para-hydroxylation sites is 1. The van der Waals surface area contributed by atoms with E-state index in [1.54, 1.807) is 12.1 Å². The Hall–Kier alpha value is -2.14. The third kappa shape index (κ3) is 3.66. The monoisotopic (exact) mass is 318 g/mol. The zero-order valence-corrected chi connectivity index (χ0v) is 11.5. The Balaban J connectivity index is 2.03. The molecular formula is C14H11BrN2O2. The van der Waals surface area contributed by atoms with Gasteiger partial charge in [0.2, 0.25) is 0 Å². The van der Waals surface area contributed by atoms with E-state index < -0.39 is 5.91 Å². The summed E-state index contributed by atoms with van der Waals surface area (Å²) < 4.78 is 0.934. The molecule has 0 bridgehead atoms. The van der Waals surface area contributed by atoms with Gasteiger partial charge in [0, 0.05) is 4.47 Å². The summed E-state index contributed by atoms with van der Waals surface area (Å²) in [6.45, 7) is 0. The minimum Gasteiger partial charge on any atom is -0.507 e. The summed E-state index contributed by atoms with van der Waals surface area (Å²) in [5.41, 5.74) is 3.41. The summed E-state index contributed by atoms with van der Waals surface area (Å²) >= 11 is 3.35. The largest absolute Gasteiger partial charge is 0.507 e. The number of amides is 1. The quantitative estimate of drug-likeness (QED) is 0.675. The fraction of sp³-hybridized carbons (Fsp3) is 0. The lowest BCUT2D eigenvalue weighted by molar-refractivity contribution is 0.0952. The second kappa shape index (κ2) is 6.15. The molecule has 0 aliphatic heterocycles. The predicted octanol–water partition coefficient (Wildman–Crippen LogP) is 2.92. The molecule has 2 aromatic rings. The van der Waals surface area contributed by atoms with Crippen LogP contribution in [-0.4, -0.2) is 17.2 Å². The minimum atomic E-state index is -0.454. The topological polar surface area (TPSA) is 61.7 Å². The van der Waals surface area contributed by atoms with Gasteiger partial charge in [-0.25, -0.2) is 5.43 Å². The van der Waals surface area contributed by atoms with E-state index in [9.17, 15) is 9.90 Å². The second-order valence-corrected chi connectivity index (χ2v) is 4.69. The summed E-state index contributed by atoms with van der Waals surface area (Å²) in [7, 11) is 0. The van der Waals surface area contributed by atoms with Gasteiger partial charge in [-0.2, -0.15) is 5.10 Å². The number of phenols is 1. The summed E-state index contributed by atoms with van der Waals surface area (Å²) in [6, 6.07) is 13.8. The highest BCUT2D eigenvalue weighted by molar-refractivity contribution is 9.10. The van der Waals surface area contributed by atoms with Crippen molar-refractivity contribution in [3.63, 3.8) is 0 Å². The third-order valence-electron chi connectivity index (χ3n) is 2.38. The van der Waals surface area contributed by atoms with Crippen LogP contribution in [0.4, 0.5) is 0 Å². The molecule has 5 heteroatoms. The van der Waals surface area contributed by atoms with E-state index in [2.05, 4.69) is 26.5 Å². The Labute approximate surface area is 118 Å². The lowest BCUT2D eigenvalue weighted by atomic mass is 10.2. The third-order valence-corrected chi connectivity index (χ3v) is 2.87. The van der Waals surface area contributed by atoms with Crippen molar-refractivity contribution in [3.8, 4) is 5.75 Å². The molecule has 0 radical (unpaired) electrons. The number of benzene rings is 2. The minimum absolute atomic E-state index is 0.0716. The van der Waals surface area contributed by atoms with Gasteiger partial charge in [0.1, 0.15) is 5.75 Å². The van der Waals surface area contributed by atoms with Crippen LogP contribution >= 0.6 is 15.9 Å². The molecular weight excluding hydrogens is 308 g/mol. The Bertz CT molecular complexity index is 626. The molecule has 0 fully saturated rings. The van der Waals surface area contributed by atoms with Crippen LogP contribution in [0.25, 0.3) is 0 Å². The van der Waals surface area contributed by atoms with Gasteiger partial charge in [-0.1, -0.05) is 40.2 Å². The number of nitrogens with zero attached hydrogens (tertiary/aromatic N) is 1. The van der Waals surface area contributed by atoms with Gasteiger partial charge < -0.3 is 5.11 Å². The number of phenolic OH excluding ortho intramolecular Hbond substituents is 1. The standard InChI is InChI=1S/C14H11BrN2O2/c15-11-5-3-4-10(8-11)9-16-17-14(19)12-6-1-2-7-13(12)18/h1-9,18H,(H,17,19)/b16-9-. The van der Waals surface area contributed by atoms with Crippen LogP contribution in [0.5, 0.6) is 5.75 Å². The molecule has 4 nitrogen and oxygen atoms in total. The molecule has 19 heavy (non-hydrogen) atoms. The van der Waals surface area contributed by atoms with E-state index in [0.29, 0.717) is 0 Å². The Morgan fingerprint density at radius 3 is 2.74 bits per heavy atom. The van der Waals surface area contributed by atoms with Crippen molar-refractivity contribution in [3.05, 3.63) is 64.1 Å². The second-order valence-electron chi connectivity index (χ2n) is 3.77. The molecule has 2 aromatic carbocycles. The van der Waals surface area contributed by atoms with E-state index >= 15 is 0 Å². The Morgan fingerprint density at radius 2 is 2.00 bits per heavy atom. The number of aromatic hydroxyl groups is 1. The molecule has 0 unspecified atom stereocenters. The van der Waals surface area contributed by atoms with E-state index in [4.69, 9.17) is 0 Å². The van der Waals surface area contributed by atoms with Gasteiger partial charge in [0.25, 0.3) is 5.91 Å². The lowest BCUT2D eigenvalue weighted by Crippen LogP contribution is -2.17. The Kier molecular flexibility index (Phi) is 4.30. The summed E-state index contributed by atoms with van der Waals surface area (Å²) in [5, 5.41) is 13.4. The molecule has 0 aliphatic rings. The maximum atomic E-state index is 11.7. The smallest absolute Gasteiger partial charge is 0.275 e. The first-order valence-corrected chi connectivity index (χ1v) is 6.33. The van der Waals surface area contributed by atoms with Crippen LogP contribution in [0.1, 0.15) is 15.9 Å². The van der Waals surface area contributed by atoms with Crippen molar-refractivity contribution in [2.45, 2.75) is 0 Å². The average molecular weight is 319 g/mol. The van der Waals surface area contributed by atoms with Gasteiger partial charge in [-0.05, 0) is 29.8 Å². The molecule has 96 valence electrons. The maximum Gasteiger partial charge on any atom is 0.275 e. The molecule has 0 heterocycles. The van der Waals surface area contributed by atoms with Crippen molar-refractivity contribution < 1.29 is 9.90 Å². The van der Waals surface area contributed by atoms with Gasteiger partial charge in [0.15, 0.2) is 0 Å². The first-order valence-electron chi connectivity index (χ1n) is 5.54. The Morgan fingerprint density at radius 1 is 1.21 bits per heavy atom. The maximum absolute atomic E-state index is 11.7. The number of halogens is 1.